The molecule has 2 N–H and O–H groups in total. The number of aromatic amines is 1. The Balaban J connectivity index is 1.71. The summed E-state index contributed by atoms with van der Waals surface area (Å²) in [5, 5.41) is 3.16. The molecule has 1 aromatic carbocycles. The molecule has 8 heteroatoms. The van der Waals surface area contributed by atoms with Crippen LogP contribution < -0.4 is 10.9 Å². The normalized spacial score (nSPS) is 13.1. The molecule has 0 aliphatic rings. The lowest BCUT2D eigenvalue weighted by Crippen LogP contribution is -2.40. The van der Waals surface area contributed by atoms with Crippen LogP contribution in [0.15, 0.2) is 35.1 Å². The fourth-order valence-electron chi connectivity index (χ4n) is 2.72. The zero-order valence-electron chi connectivity index (χ0n) is 16.0. The van der Waals surface area contributed by atoms with Gasteiger partial charge in [-0.2, -0.15) is 0 Å². The number of thiophene rings is 1. The number of H-pyrrole nitrogens is 1. The number of rotatable bonds is 5. The average Bonchev–Trinajstić information content (AvgIpc) is 2.96. The maximum Gasteiger partial charge on any atom is 0.329 e. The number of nitrogens with one attached hydrogen (secondary N) is 2. The highest BCUT2D eigenvalue weighted by atomic mass is 32.1. The van der Waals surface area contributed by atoms with Crippen molar-refractivity contribution < 1.29 is 14.3 Å². The number of aromatic nitrogens is 2. The summed E-state index contributed by atoms with van der Waals surface area (Å²) in [4.78, 5) is 45.6. The smallest absolute Gasteiger partial charge is 0.329 e. The van der Waals surface area contributed by atoms with Crippen molar-refractivity contribution in [1.82, 2.24) is 15.3 Å². The molecule has 3 aromatic rings. The van der Waals surface area contributed by atoms with Crippen molar-refractivity contribution >= 4 is 33.4 Å². The Morgan fingerprint density at radius 3 is 2.54 bits per heavy atom. The van der Waals surface area contributed by atoms with E-state index in [4.69, 9.17) is 4.74 Å². The molecule has 0 unspecified atom stereocenters. The van der Waals surface area contributed by atoms with Crippen LogP contribution in [0.25, 0.3) is 10.2 Å². The van der Waals surface area contributed by atoms with Gasteiger partial charge in [0.1, 0.15) is 10.9 Å². The maximum atomic E-state index is 12.4. The minimum atomic E-state index is -0.850. The minimum absolute atomic E-state index is 0.254. The first-order chi connectivity index (χ1) is 13.3. The molecule has 0 bridgehead atoms. The molecule has 0 aliphatic carbocycles. The van der Waals surface area contributed by atoms with Crippen LogP contribution in [0.2, 0.25) is 0 Å². The van der Waals surface area contributed by atoms with E-state index in [0.29, 0.717) is 15.8 Å². The number of aryl methyl sites for hydroxylation is 2. The predicted molar refractivity (Wildman–Crippen MR) is 108 cm³/mol. The first-order valence-electron chi connectivity index (χ1n) is 8.84. The highest BCUT2D eigenvalue weighted by molar-refractivity contribution is 7.18. The number of benzene rings is 1. The predicted octanol–water partition coefficient (Wildman–Crippen LogP) is 3.02. The van der Waals surface area contributed by atoms with Crippen molar-refractivity contribution in [2.45, 2.75) is 39.8 Å². The molecule has 0 saturated carbocycles. The largest absolute Gasteiger partial charge is 0.453 e. The van der Waals surface area contributed by atoms with Gasteiger partial charge in [-0.3, -0.25) is 9.59 Å². The molecule has 146 valence electrons. The number of nitrogens with zero attached hydrogens (tertiary/aromatic N) is 1. The van der Waals surface area contributed by atoms with E-state index in [1.54, 1.807) is 44.2 Å². The molecule has 2 heterocycles. The van der Waals surface area contributed by atoms with E-state index in [0.717, 1.165) is 10.4 Å². The van der Waals surface area contributed by atoms with E-state index in [9.17, 15) is 14.4 Å². The quantitative estimate of drug-likeness (QED) is 0.642. The van der Waals surface area contributed by atoms with Crippen LogP contribution >= 0.6 is 11.3 Å². The Kier molecular flexibility index (Phi) is 5.60. The second-order valence-corrected chi connectivity index (χ2v) is 7.76. The number of carbonyl (C=O) groups is 2. The second kappa shape index (κ2) is 7.93. The van der Waals surface area contributed by atoms with E-state index in [-0.39, 0.29) is 17.3 Å². The Labute approximate surface area is 165 Å². The molecule has 0 fully saturated rings. The number of ether oxygens (including phenoxy) is 1. The average molecular weight is 399 g/mol. The number of hydrogen-bond donors (Lipinski definition) is 2. The van der Waals surface area contributed by atoms with Crippen LogP contribution in [0.5, 0.6) is 0 Å². The zero-order valence-corrected chi connectivity index (χ0v) is 16.8. The lowest BCUT2D eigenvalue weighted by atomic mass is 10.2. The highest BCUT2D eigenvalue weighted by Gasteiger charge is 2.23. The Bertz CT molecular complexity index is 1090. The van der Waals surface area contributed by atoms with Crippen LogP contribution in [0, 0.1) is 13.8 Å². The summed E-state index contributed by atoms with van der Waals surface area (Å²) in [5.41, 5.74) is 1.10. The summed E-state index contributed by atoms with van der Waals surface area (Å²) in [7, 11) is 0. The van der Waals surface area contributed by atoms with Gasteiger partial charge in [0.25, 0.3) is 11.5 Å². The Hall–Kier alpha value is -3.00. The van der Waals surface area contributed by atoms with Crippen LogP contribution in [0.1, 0.15) is 46.6 Å². The van der Waals surface area contributed by atoms with Gasteiger partial charge in [-0.25, -0.2) is 9.78 Å². The van der Waals surface area contributed by atoms with E-state index in [2.05, 4.69) is 15.3 Å². The molecular weight excluding hydrogens is 378 g/mol. The lowest BCUT2D eigenvalue weighted by Gasteiger charge is -2.17. The molecule has 0 spiro atoms. The lowest BCUT2D eigenvalue weighted by molar-refractivity contribution is -0.150. The van der Waals surface area contributed by atoms with Crippen molar-refractivity contribution in [2.24, 2.45) is 0 Å². The van der Waals surface area contributed by atoms with Crippen molar-refractivity contribution in [3.8, 4) is 0 Å². The summed E-state index contributed by atoms with van der Waals surface area (Å²) < 4.78 is 5.39. The maximum absolute atomic E-state index is 12.4. The van der Waals surface area contributed by atoms with Gasteiger partial charge in [-0.15, -0.1) is 11.3 Å². The summed E-state index contributed by atoms with van der Waals surface area (Å²) >= 11 is 1.43. The van der Waals surface area contributed by atoms with E-state index in [1.165, 1.54) is 11.3 Å². The monoisotopic (exact) mass is 399 g/mol. The van der Waals surface area contributed by atoms with E-state index in [1.807, 2.05) is 13.8 Å². The molecular formula is C20H21N3O4S. The van der Waals surface area contributed by atoms with Crippen LogP contribution in [-0.2, 0) is 9.53 Å². The van der Waals surface area contributed by atoms with Gasteiger partial charge in [-0.1, -0.05) is 18.2 Å². The summed E-state index contributed by atoms with van der Waals surface area (Å²) in [6, 6.07) is 7.75. The van der Waals surface area contributed by atoms with Crippen molar-refractivity contribution in [2.75, 3.05) is 0 Å². The first-order valence-corrected chi connectivity index (χ1v) is 9.66. The molecule has 7 nitrogen and oxygen atoms in total. The molecule has 0 aliphatic heterocycles. The van der Waals surface area contributed by atoms with Crippen molar-refractivity contribution in [3.05, 3.63) is 62.5 Å². The van der Waals surface area contributed by atoms with E-state index >= 15 is 0 Å². The minimum Gasteiger partial charge on any atom is -0.453 e. The Morgan fingerprint density at radius 2 is 1.86 bits per heavy atom. The molecule has 2 atom stereocenters. The van der Waals surface area contributed by atoms with Gasteiger partial charge in [0, 0.05) is 10.4 Å². The van der Waals surface area contributed by atoms with Gasteiger partial charge in [0.2, 0.25) is 0 Å². The molecule has 2 aromatic heterocycles. The van der Waals surface area contributed by atoms with Gasteiger partial charge >= 0.3 is 5.97 Å². The fraction of sp³-hybridized carbons (Fsp3) is 0.300. The van der Waals surface area contributed by atoms with Gasteiger partial charge in [0.15, 0.2) is 11.9 Å². The number of esters is 1. The first kappa shape index (κ1) is 19.8. The molecule has 28 heavy (non-hydrogen) atoms. The number of carbonyl (C=O) groups excluding carboxylic acids is 2. The molecule has 3 rings (SSSR count). The topological polar surface area (TPSA) is 101 Å². The summed E-state index contributed by atoms with van der Waals surface area (Å²) in [5.74, 6) is -0.707. The van der Waals surface area contributed by atoms with Gasteiger partial charge in [0.05, 0.1) is 5.39 Å². The van der Waals surface area contributed by atoms with E-state index < -0.39 is 18.1 Å². The third kappa shape index (κ3) is 3.96. The standard InChI is InChI=1S/C20H21N3O4S/c1-10-13(4)28-19-15(10)18(25)22-16(23-19)12(3)27-20(26)11(2)21-17(24)14-8-6-5-7-9-14/h5-9,11-12H,1-4H3,(H,21,24)(H,22,23,25)/t11-,12+/m0/s1. The Morgan fingerprint density at radius 1 is 1.18 bits per heavy atom. The van der Waals surface area contributed by atoms with Gasteiger partial charge < -0.3 is 15.0 Å². The van der Waals surface area contributed by atoms with Gasteiger partial charge in [-0.05, 0) is 45.4 Å². The third-order valence-electron chi connectivity index (χ3n) is 4.47. The number of hydrogen-bond acceptors (Lipinski definition) is 6. The second-order valence-electron chi connectivity index (χ2n) is 6.55. The van der Waals surface area contributed by atoms with Crippen LogP contribution in [0.3, 0.4) is 0 Å². The number of amides is 1. The number of fused-ring (bicyclic) bond motifs is 1. The SMILES string of the molecule is Cc1sc2nc([C@@H](C)OC(=O)[C@H](C)NC(=O)c3ccccc3)[nH]c(=O)c2c1C. The fourth-order valence-corrected chi connectivity index (χ4v) is 3.76. The van der Waals surface area contributed by atoms with Crippen LogP contribution in [-0.4, -0.2) is 27.9 Å². The van der Waals surface area contributed by atoms with Crippen LogP contribution in [0.4, 0.5) is 0 Å². The van der Waals surface area contributed by atoms with Crippen molar-refractivity contribution in [1.29, 1.82) is 0 Å². The summed E-state index contributed by atoms with van der Waals surface area (Å²) in [6.45, 7) is 6.98. The molecule has 1 amide bonds. The highest BCUT2D eigenvalue weighted by Crippen LogP contribution is 2.26. The van der Waals surface area contributed by atoms with Crippen molar-refractivity contribution in [3.63, 3.8) is 0 Å². The summed E-state index contributed by atoms with van der Waals surface area (Å²) in [6.07, 6.45) is -0.761. The third-order valence-corrected chi connectivity index (χ3v) is 5.57. The molecule has 0 radical (unpaired) electrons. The molecule has 0 saturated heterocycles. The zero-order chi connectivity index (χ0) is 20.4.